The van der Waals surface area contributed by atoms with E-state index in [9.17, 15) is 5.11 Å². The Morgan fingerprint density at radius 3 is 2.72 bits per heavy atom. The zero-order valence-electron chi connectivity index (χ0n) is 18.3. The quantitative estimate of drug-likeness (QED) is 0.497. The molecule has 0 aromatic heterocycles. The highest BCUT2D eigenvalue weighted by Crippen LogP contribution is 2.31. The van der Waals surface area contributed by atoms with E-state index < -0.39 is 0 Å². The Bertz CT molecular complexity index is 517. The second-order valence-electron chi connectivity index (χ2n) is 9.73. The monoisotopic (exact) mass is 411 g/mol. The van der Waals surface area contributed by atoms with E-state index >= 15 is 0 Å². The Morgan fingerprint density at radius 2 is 2.03 bits per heavy atom. The average Bonchev–Trinajstić information content (AvgIpc) is 3.39. The van der Waals surface area contributed by atoms with E-state index in [0.717, 1.165) is 45.3 Å². The summed E-state index contributed by atoms with van der Waals surface area (Å²) < 4.78 is 5.45. The summed E-state index contributed by atoms with van der Waals surface area (Å²) in [4.78, 5) is 10.8. The maximum absolute atomic E-state index is 10.6. The first-order chi connectivity index (χ1) is 14.0. The molecule has 1 saturated carbocycles. The summed E-state index contributed by atoms with van der Waals surface area (Å²) in [5, 5.41) is 18.0. The standard InChI is InChI=1S/C21H41N5O3/c1-25(2)19-9-7-14(12-22-19)20-23-21(29-24-20)17-5-4-10-26(17)13-15-6-8-16(28-3)11-18(15)27/h14-24,27H,4-13H2,1-3H3. The van der Waals surface area contributed by atoms with Crippen LogP contribution in [0, 0.1) is 11.8 Å². The predicted octanol–water partition coefficient (Wildman–Crippen LogP) is 0.291. The highest BCUT2D eigenvalue weighted by Gasteiger charge is 2.42. The van der Waals surface area contributed by atoms with Crippen molar-refractivity contribution in [3.05, 3.63) is 0 Å². The summed E-state index contributed by atoms with van der Waals surface area (Å²) in [6.07, 6.45) is 8.27. The lowest BCUT2D eigenvalue weighted by molar-refractivity contribution is -0.0494. The number of aliphatic hydroxyl groups excluding tert-OH is 1. The van der Waals surface area contributed by atoms with Gasteiger partial charge in [-0.25, -0.2) is 0 Å². The summed E-state index contributed by atoms with van der Waals surface area (Å²) in [5.41, 5.74) is 3.29. The van der Waals surface area contributed by atoms with Crippen molar-refractivity contribution in [1.82, 2.24) is 25.9 Å². The average molecular weight is 412 g/mol. The Labute approximate surface area is 175 Å². The van der Waals surface area contributed by atoms with E-state index in [2.05, 4.69) is 40.0 Å². The number of methoxy groups -OCH3 is 1. The third-order valence-corrected chi connectivity index (χ3v) is 7.66. The van der Waals surface area contributed by atoms with Gasteiger partial charge in [-0.2, -0.15) is 5.48 Å². The second-order valence-corrected chi connectivity index (χ2v) is 9.73. The minimum Gasteiger partial charge on any atom is -0.393 e. The van der Waals surface area contributed by atoms with Gasteiger partial charge in [0.1, 0.15) is 6.23 Å². The number of aliphatic hydroxyl groups is 1. The van der Waals surface area contributed by atoms with Crippen LogP contribution in [0.4, 0.5) is 0 Å². The molecule has 0 aromatic rings. The number of piperidine rings is 1. The number of hydrogen-bond acceptors (Lipinski definition) is 8. The van der Waals surface area contributed by atoms with Gasteiger partial charge < -0.3 is 15.2 Å². The summed E-state index contributed by atoms with van der Waals surface area (Å²) >= 11 is 0. The summed E-state index contributed by atoms with van der Waals surface area (Å²) in [7, 11) is 6.02. The fraction of sp³-hybridized carbons (Fsp3) is 1.00. The van der Waals surface area contributed by atoms with E-state index in [1.165, 1.54) is 19.3 Å². The molecule has 1 aliphatic carbocycles. The number of nitrogens with zero attached hydrogens (tertiary/aromatic N) is 2. The predicted molar refractivity (Wildman–Crippen MR) is 112 cm³/mol. The lowest BCUT2D eigenvalue weighted by Crippen LogP contribution is -2.54. The van der Waals surface area contributed by atoms with Gasteiger partial charge in [0.2, 0.25) is 0 Å². The van der Waals surface area contributed by atoms with Crippen molar-refractivity contribution in [2.45, 2.75) is 81.8 Å². The molecule has 4 aliphatic rings. The van der Waals surface area contributed by atoms with Gasteiger partial charge in [0.05, 0.1) is 30.6 Å². The summed E-state index contributed by atoms with van der Waals surface area (Å²) in [6, 6.07) is 0.380. The van der Waals surface area contributed by atoms with Crippen molar-refractivity contribution in [3.8, 4) is 0 Å². The molecule has 8 atom stereocenters. The molecule has 8 unspecified atom stereocenters. The Hall–Kier alpha value is -0.320. The van der Waals surface area contributed by atoms with Crippen LogP contribution >= 0.6 is 0 Å². The normalized spacial score (nSPS) is 44.6. The van der Waals surface area contributed by atoms with Gasteiger partial charge in [-0.3, -0.25) is 20.0 Å². The van der Waals surface area contributed by atoms with E-state index in [0.29, 0.717) is 24.0 Å². The molecule has 0 spiro atoms. The number of likely N-dealkylation sites (tertiary alicyclic amines) is 1. The maximum Gasteiger partial charge on any atom is 0.146 e. The zero-order chi connectivity index (χ0) is 20.4. The molecule has 3 aliphatic heterocycles. The number of ether oxygens (including phenoxy) is 1. The molecule has 0 aromatic carbocycles. The zero-order valence-corrected chi connectivity index (χ0v) is 18.3. The van der Waals surface area contributed by atoms with E-state index in [1.54, 1.807) is 7.11 Å². The maximum atomic E-state index is 10.6. The minimum atomic E-state index is -0.253. The lowest BCUT2D eigenvalue weighted by Gasteiger charge is -2.37. The SMILES string of the molecule is COC1CCC(CN2CCCC2C2NC(C3CCC(N(C)C)NC3)NO2)C(O)C1. The molecule has 4 fully saturated rings. The molecule has 0 bridgehead atoms. The molecule has 3 saturated heterocycles. The van der Waals surface area contributed by atoms with Crippen molar-refractivity contribution in [3.63, 3.8) is 0 Å². The van der Waals surface area contributed by atoms with Crippen LogP contribution in [0.15, 0.2) is 0 Å². The Kier molecular flexibility index (Phi) is 7.45. The fourth-order valence-electron chi connectivity index (χ4n) is 5.72. The first-order valence-electron chi connectivity index (χ1n) is 11.6. The molecule has 3 heterocycles. The van der Waals surface area contributed by atoms with Crippen LogP contribution in [0.1, 0.15) is 44.9 Å². The van der Waals surface area contributed by atoms with Crippen LogP contribution in [-0.4, -0.2) is 92.6 Å². The third-order valence-electron chi connectivity index (χ3n) is 7.66. The van der Waals surface area contributed by atoms with Gasteiger partial charge >= 0.3 is 0 Å². The molecule has 0 radical (unpaired) electrons. The van der Waals surface area contributed by atoms with Gasteiger partial charge in [0.25, 0.3) is 0 Å². The van der Waals surface area contributed by atoms with E-state index in [4.69, 9.17) is 9.57 Å². The largest absolute Gasteiger partial charge is 0.393 e. The molecular formula is C21H41N5O3. The van der Waals surface area contributed by atoms with Gasteiger partial charge in [0.15, 0.2) is 0 Å². The molecule has 4 N–H and O–H groups in total. The molecule has 0 amide bonds. The second kappa shape index (κ2) is 9.87. The first kappa shape index (κ1) is 21.9. The highest BCUT2D eigenvalue weighted by atomic mass is 16.7. The summed E-state index contributed by atoms with van der Waals surface area (Å²) in [5.74, 6) is 0.884. The molecular weight excluding hydrogens is 370 g/mol. The van der Waals surface area contributed by atoms with Crippen molar-refractivity contribution in [2.24, 2.45) is 11.8 Å². The van der Waals surface area contributed by atoms with Crippen molar-refractivity contribution >= 4 is 0 Å². The van der Waals surface area contributed by atoms with Gasteiger partial charge in [-0.1, -0.05) is 0 Å². The summed E-state index contributed by atoms with van der Waals surface area (Å²) in [6.45, 7) is 3.07. The minimum absolute atomic E-state index is 0.0292. The number of hydroxylamine groups is 1. The lowest BCUT2D eigenvalue weighted by atomic mass is 9.84. The molecule has 8 heteroatoms. The first-order valence-corrected chi connectivity index (χ1v) is 11.6. The Morgan fingerprint density at radius 1 is 1.17 bits per heavy atom. The number of hydrogen-bond donors (Lipinski definition) is 4. The van der Waals surface area contributed by atoms with Crippen molar-refractivity contribution in [2.75, 3.05) is 40.8 Å². The van der Waals surface area contributed by atoms with Crippen molar-refractivity contribution < 1.29 is 14.7 Å². The van der Waals surface area contributed by atoms with Gasteiger partial charge in [-0.15, -0.1) is 0 Å². The topological polar surface area (TPSA) is 81.3 Å². The van der Waals surface area contributed by atoms with Crippen LogP contribution in [-0.2, 0) is 9.57 Å². The molecule has 4 rings (SSSR count). The van der Waals surface area contributed by atoms with Crippen LogP contribution in [0.25, 0.3) is 0 Å². The van der Waals surface area contributed by atoms with E-state index in [1.807, 2.05) is 0 Å². The Balaban J connectivity index is 1.26. The highest BCUT2D eigenvalue weighted by molar-refractivity contribution is 4.93. The van der Waals surface area contributed by atoms with Crippen LogP contribution in [0.3, 0.4) is 0 Å². The molecule has 168 valence electrons. The fourth-order valence-corrected chi connectivity index (χ4v) is 5.72. The molecule has 29 heavy (non-hydrogen) atoms. The van der Waals surface area contributed by atoms with E-state index in [-0.39, 0.29) is 24.6 Å². The van der Waals surface area contributed by atoms with Crippen LogP contribution in [0.2, 0.25) is 0 Å². The van der Waals surface area contributed by atoms with Gasteiger partial charge in [0, 0.05) is 26.1 Å². The van der Waals surface area contributed by atoms with Crippen molar-refractivity contribution in [1.29, 1.82) is 0 Å². The van der Waals surface area contributed by atoms with Gasteiger partial charge in [-0.05, 0) is 71.5 Å². The van der Waals surface area contributed by atoms with Crippen LogP contribution in [0.5, 0.6) is 0 Å². The third kappa shape index (κ3) is 5.13. The number of nitrogens with one attached hydrogen (secondary N) is 3. The molecule has 8 nitrogen and oxygen atoms in total. The van der Waals surface area contributed by atoms with Crippen LogP contribution < -0.4 is 16.1 Å². The smallest absolute Gasteiger partial charge is 0.146 e. The number of rotatable bonds is 6.